The number of nitrogens with zero attached hydrogens (tertiary/aromatic N) is 3. The minimum atomic E-state index is -1.15. The van der Waals surface area contributed by atoms with Gasteiger partial charge in [0.1, 0.15) is 11.3 Å². The van der Waals surface area contributed by atoms with Crippen LogP contribution < -0.4 is 0 Å². The van der Waals surface area contributed by atoms with Gasteiger partial charge in [0.15, 0.2) is 5.78 Å². The molecule has 10 heteroatoms. The van der Waals surface area contributed by atoms with Crippen LogP contribution in [0.5, 0.6) is 0 Å². The van der Waals surface area contributed by atoms with Crippen molar-refractivity contribution in [3.8, 4) is 0 Å². The number of oxime groups is 1. The summed E-state index contributed by atoms with van der Waals surface area (Å²) in [6.45, 7) is 3.14. The first-order chi connectivity index (χ1) is 11.7. The highest BCUT2D eigenvalue weighted by molar-refractivity contribution is 6.21. The summed E-state index contributed by atoms with van der Waals surface area (Å²) >= 11 is 0. The summed E-state index contributed by atoms with van der Waals surface area (Å²) in [5.41, 5.74) is -0.706. The smallest absolute Gasteiger partial charge is 0.312 e. The second-order valence-electron chi connectivity index (χ2n) is 5.09. The summed E-state index contributed by atoms with van der Waals surface area (Å²) in [5.74, 6) is -1.35. The molecule has 0 saturated carbocycles. The van der Waals surface area contributed by atoms with Crippen LogP contribution in [0.3, 0.4) is 0 Å². The van der Waals surface area contributed by atoms with Gasteiger partial charge in [-0.2, -0.15) is 0 Å². The highest BCUT2D eigenvalue weighted by Gasteiger charge is 2.25. The molecule has 1 aliphatic rings. The molecule has 2 rings (SSSR count). The number of allylic oxidation sites excluding steroid dienone is 4. The summed E-state index contributed by atoms with van der Waals surface area (Å²) in [5, 5.41) is 25.3. The highest BCUT2D eigenvalue weighted by Crippen LogP contribution is 2.25. The van der Waals surface area contributed by atoms with E-state index in [1.807, 2.05) is 0 Å². The molecule has 0 spiro atoms. The normalized spacial score (nSPS) is 15.4. The van der Waals surface area contributed by atoms with Crippen LogP contribution in [-0.2, 0) is 9.63 Å². The topological polar surface area (TPSA) is 142 Å². The number of rotatable bonds is 4. The van der Waals surface area contributed by atoms with Gasteiger partial charge in [0.25, 0.3) is 11.4 Å². The van der Waals surface area contributed by atoms with Crippen LogP contribution in [0.4, 0.5) is 11.4 Å². The molecule has 25 heavy (non-hydrogen) atoms. The Bertz CT molecular complexity index is 896. The number of nitro benzene ring substituents is 2. The van der Waals surface area contributed by atoms with Crippen molar-refractivity contribution in [1.82, 2.24) is 0 Å². The summed E-state index contributed by atoms with van der Waals surface area (Å²) in [4.78, 5) is 48.2. The molecule has 0 atom stereocenters. The van der Waals surface area contributed by atoms with Crippen LogP contribution in [0, 0.1) is 20.2 Å². The van der Waals surface area contributed by atoms with Crippen molar-refractivity contribution >= 4 is 28.8 Å². The van der Waals surface area contributed by atoms with Crippen molar-refractivity contribution in [2.75, 3.05) is 0 Å². The monoisotopic (exact) mass is 345 g/mol. The van der Waals surface area contributed by atoms with E-state index in [-0.39, 0.29) is 11.5 Å². The van der Waals surface area contributed by atoms with Crippen LogP contribution in [0.1, 0.15) is 24.2 Å². The van der Waals surface area contributed by atoms with Crippen molar-refractivity contribution < 1.29 is 24.3 Å². The van der Waals surface area contributed by atoms with E-state index in [2.05, 4.69) is 5.16 Å². The molecule has 0 saturated heterocycles. The fraction of sp³-hybridized carbons (Fsp3) is 0.133. The van der Waals surface area contributed by atoms with Gasteiger partial charge < -0.3 is 4.84 Å². The van der Waals surface area contributed by atoms with Gasteiger partial charge in [-0.15, -0.1) is 0 Å². The van der Waals surface area contributed by atoms with Gasteiger partial charge in [-0.3, -0.25) is 25.0 Å². The molecule has 128 valence electrons. The van der Waals surface area contributed by atoms with Crippen LogP contribution in [0.2, 0.25) is 0 Å². The Morgan fingerprint density at radius 2 is 1.76 bits per heavy atom. The molecule has 0 heterocycles. The summed E-state index contributed by atoms with van der Waals surface area (Å²) in [6, 6.07) is 2.54. The molecular weight excluding hydrogens is 334 g/mol. The molecule has 0 fully saturated rings. The zero-order chi connectivity index (χ0) is 18.7. The van der Waals surface area contributed by atoms with Crippen LogP contribution in [-0.4, -0.2) is 27.3 Å². The second-order valence-corrected chi connectivity index (χ2v) is 5.09. The van der Waals surface area contributed by atoms with Gasteiger partial charge >= 0.3 is 5.97 Å². The van der Waals surface area contributed by atoms with Crippen molar-refractivity contribution in [3.63, 3.8) is 0 Å². The third-order valence-corrected chi connectivity index (χ3v) is 3.33. The number of ketones is 1. The number of benzene rings is 1. The number of carbonyl (C=O) groups is 2. The van der Waals surface area contributed by atoms with Crippen LogP contribution in [0.15, 0.2) is 46.7 Å². The number of carbonyl (C=O) groups excluding carboxylic acids is 2. The molecule has 10 nitrogen and oxygen atoms in total. The first kappa shape index (κ1) is 17.7. The second kappa shape index (κ2) is 6.83. The molecule has 1 aromatic carbocycles. The van der Waals surface area contributed by atoms with Crippen molar-refractivity contribution in [2.24, 2.45) is 5.16 Å². The lowest BCUT2D eigenvalue weighted by Crippen LogP contribution is -2.12. The van der Waals surface area contributed by atoms with E-state index in [9.17, 15) is 29.8 Å². The Hall–Kier alpha value is -3.69. The molecule has 0 amide bonds. The van der Waals surface area contributed by atoms with E-state index in [0.29, 0.717) is 17.2 Å². The van der Waals surface area contributed by atoms with E-state index in [1.54, 1.807) is 13.8 Å². The number of nitro groups is 2. The van der Waals surface area contributed by atoms with Gasteiger partial charge in [-0.1, -0.05) is 5.16 Å². The molecule has 0 N–H and O–H groups in total. The molecular formula is C15H11N3O7. The Balaban J connectivity index is 2.31. The number of hydrogen-bond acceptors (Lipinski definition) is 8. The maximum atomic E-state index is 12.0. The third-order valence-electron chi connectivity index (χ3n) is 3.33. The quantitative estimate of drug-likeness (QED) is 0.353. The minimum absolute atomic E-state index is 0.200. The highest BCUT2D eigenvalue weighted by atomic mass is 16.7. The Kier molecular flexibility index (Phi) is 4.82. The summed E-state index contributed by atoms with van der Waals surface area (Å²) in [7, 11) is 0. The van der Waals surface area contributed by atoms with Crippen molar-refractivity contribution in [2.45, 2.75) is 13.8 Å². The molecule has 0 aliphatic heterocycles. The van der Waals surface area contributed by atoms with Gasteiger partial charge in [0.2, 0.25) is 0 Å². The Morgan fingerprint density at radius 1 is 1.08 bits per heavy atom. The van der Waals surface area contributed by atoms with Crippen molar-refractivity contribution in [1.29, 1.82) is 0 Å². The lowest BCUT2D eigenvalue weighted by atomic mass is 9.99. The average Bonchev–Trinajstić information content (AvgIpc) is 2.55. The largest absolute Gasteiger partial charge is 0.372 e. The van der Waals surface area contributed by atoms with Gasteiger partial charge in [-0.05, 0) is 43.2 Å². The maximum Gasteiger partial charge on any atom is 0.372 e. The lowest BCUT2D eigenvalue weighted by Gasteiger charge is -2.08. The fourth-order valence-corrected chi connectivity index (χ4v) is 1.97. The summed E-state index contributed by atoms with van der Waals surface area (Å²) in [6.07, 6.45) is 2.73. The van der Waals surface area contributed by atoms with Crippen LogP contribution in [0.25, 0.3) is 0 Å². The average molecular weight is 345 g/mol. The van der Waals surface area contributed by atoms with Gasteiger partial charge in [0, 0.05) is 6.07 Å². The van der Waals surface area contributed by atoms with Crippen LogP contribution >= 0.6 is 0 Å². The Labute approximate surface area is 140 Å². The molecule has 0 bridgehead atoms. The number of hydrogen-bond donors (Lipinski definition) is 0. The first-order valence-corrected chi connectivity index (χ1v) is 6.84. The van der Waals surface area contributed by atoms with E-state index >= 15 is 0 Å². The molecule has 0 radical (unpaired) electrons. The zero-order valence-electron chi connectivity index (χ0n) is 13.1. The van der Waals surface area contributed by atoms with E-state index in [0.717, 1.165) is 12.1 Å². The molecule has 0 aromatic heterocycles. The zero-order valence-corrected chi connectivity index (χ0v) is 13.1. The molecule has 0 unspecified atom stereocenters. The van der Waals surface area contributed by atoms with E-state index in [4.69, 9.17) is 4.84 Å². The first-order valence-electron chi connectivity index (χ1n) is 6.84. The molecule has 1 aromatic rings. The summed E-state index contributed by atoms with van der Waals surface area (Å²) < 4.78 is 0. The molecule has 1 aliphatic carbocycles. The predicted octanol–water partition coefficient (Wildman–Crippen LogP) is 2.49. The minimum Gasteiger partial charge on any atom is -0.312 e. The fourth-order valence-electron chi connectivity index (χ4n) is 1.97. The Morgan fingerprint density at radius 3 is 2.36 bits per heavy atom. The third kappa shape index (κ3) is 3.80. The van der Waals surface area contributed by atoms with Gasteiger partial charge in [-0.25, -0.2) is 4.79 Å². The SMILES string of the molecule is CC1=C/C(=N\OC(=O)c2ccc([N+](=O)[O-])cc2[N+](=O)[O-])C(C)=CC1=O. The predicted molar refractivity (Wildman–Crippen MR) is 85.1 cm³/mol. The van der Waals surface area contributed by atoms with Crippen molar-refractivity contribution in [3.05, 3.63) is 67.3 Å². The standard InChI is InChI=1S/C15H11N3O7/c1-8-6-14(19)9(2)5-12(8)16-25-15(20)11-4-3-10(17(21)22)7-13(11)18(23)24/h3-7H,1-2H3/b16-12+. The lowest BCUT2D eigenvalue weighted by molar-refractivity contribution is -0.394. The van der Waals surface area contributed by atoms with E-state index in [1.165, 1.54) is 12.2 Å². The number of non-ortho nitro benzene ring substituents is 1. The van der Waals surface area contributed by atoms with Gasteiger partial charge in [0.05, 0.1) is 15.9 Å². The van der Waals surface area contributed by atoms with E-state index < -0.39 is 32.8 Å². The maximum absolute atomic E-state index is 12.0.